The van der Waals surface area contributed by atoms with Crippen LogP contribution in [0.5, 0.6) is 0 Å². The maximum absolute atomic E-state index is 13.6. The SMILES string of the molecule is C[C@@H](NCC(=O)NCc1ccccc1F)c1cccc2ccccc12. The zero-order valence-electron chi connectivity index (χ0n) is 14.1. The van der Waals surface area contributed by atoms with Crippen molar-refractivity contribution in [2.24, 2.45) is 0 Å². The molecule has 0 saturated carbocycles. The predicted octanol–water partition coefficient (Wildman–Crippen LogP) is 3.95. The lowest BCUT2D eigenvalue weighted by Crippen LogP contribution is -2.34. The molecule has 0 aliphatic carbocycles. The Morgan fingerprint density at radius 3 is 2.56 bits per heavy atom. The second-order valence-electron chi connectivity index (χ2n) is 6.04. The highest BCUT2D eigenvalue weighted by molar-refractivity contribution is 5.86. The smallest absolute Gasteiger partial charge is 0.234 e. The monoisotopic (exact) mass is 336 g/mol. The van der Waals surface area contributed by atoms with Gasteiger partial charge in [0.05, 0.1) is 6.54 Å². The number of rotatable bonds is 6. The molecule has 3 rings (SSSR count). The van der Waals surface area contributed by atoms with Crippen LogP contribution in [0.2, 0.25) is 0 Å². The summed E-state index contributed by atoms with van der Waals surface area (Å²) in [6.45, 7) is 2.40. The molecular formula is C21H21FN2O. The average Bonchev–Trinajstić information content (AvgIpc) is 2.65. The zero-order valence-corrected chi connectivity index (χ0v) is 14.1. The second-order valence-corrected chi connectivity index (χ2v) is 6.04. The van der Waals surface area contributed by atoms with Crippen molar-refractivity contribution in [2.45, 2.75) is 19.5 Å². The van der Waals surface area contributed by atoms with Gasteiger partial charge in [0.25, 0.3) is 0 Å². The van der Waals surface area contributed by atoms with Crippen LogP contribution in [-0.2, 0) is 11.3 Å². The summed E-state index contributed by atoms with van der Waals surface area (Å²) < 4.78 is 13.6. The van der Waals surface area contributed by atoms with Crippen molar-refractivity contribution >= 4 is 16.7 Å². The number of amides is 1. The number of fused-ring (bicyclic) bond motifs is 1. The fourth-order valence-electron chi connectivity index (χ4n) is 2.88. The fourth-order valence-corrected chi connectivity index (χ4v) is 2.88. The fraction of sp³-hybridized carbons (Fsp3) is 0.190. The van der Waals surface area contributed by atoms with Gasteiger partial charge in [-0.3, -0.25) is 4.79 Å². The highest BCUT2D eigenvalue weighted by atomic mass is 19.1. The van der Waals surface area contributed by atoms with Crippen molar-refractivity contribution in [1.82, 2.24) is 10.6 Å². The summed E-state index contributed by atoms with van der Waals surface area (Å²) in [6.07, 6.45) is 0. The van der Waals surface area contributed by atoms with Crippen LogP contribution >= 0.6 is 0 Å². The van der Waals surface area contributed by atoms with E-state index in [0.29, 0.717) is 5.56 Å². The third kappa shape index (κ3) is 4.22. The molecule has 0 fully saturated rings. The van der Waals surface area contributed by atoms with Crippen LogP contribution in [-0.4, -0.2) is 12.5 Å². The minimum atomic E-state index is -0.306. The summed E-state index contributed by atoms with van der Waals surface area (Å²) in [5.41, 5.74) is 1.64. The van der Waals surface area contributed by atoms with E-state index in [2.05, 4.69) is 34.9 Å². The van der Waals surface area contributed by atoms with Crippen molar-refractivity contribution in [2.75, 3.05) is 6.54 Å². The Morgan fingerprint density at radius 2 is 1.72 bits per heavy atom. The first kappa shape index (κ1) is 17.1. The third-order valence-corrected chi connectivity index (χ3v) is 4.29. The number of carbonyl (C=O) groups excluding carboxylic acids is 1. The first-order valence-corrected chi connectivity index (χ1v) is 8.36. The summed E-state index contributed by atoms with van der Waals surface area (Å²) in [6, 6.07) is 20.8. The zero-order chi connectivity index (χ0) is 17.6. The van der Waals surface area contributed by atoms with E-state index < -0.39 is 0 Å². The molecule has 0 aromatic heterocycles. The van der Waals surface area contributed by atoms with Gasteiger partial charge >= 0.3 is 0 Å². The van der Waals surface area contributed by atoms with Crippen molar-refractivity contribution in [3.63, 3.8) is 0 Å². The summed E-state index contributed by atoms with van der Waals surface area (Å²) in [7, 11) is 0. The molecule has 0 spiro atoms. The third-order valence-electron chi connectivity index (χ3n) is 4.29. The Morgan fingerprint density at radius 1 is 1.00 bits per heavy atom. The Balaban J connectivity index is 1.57. The Bertz CT molecular complexity index is 873. The lowest BCUT2D eigenvalue weighted by atomic mass is 10.00. The molecule has 0 aliphatic rings. The van der Waals surface area contributed by atoms with Gasteiger partial charge in [0.15, 0.2) is 0 Å². The highest BCUT2D eigenvalue weighted by Crippen LogP contribution is 2.23. The van der Waals surface area contributed by atoms with E-state index >= 15 is 0 Å². The highest BCUT2D eigenvalue weighted by Gasteiger charge is 2.11. The molecule has 3 aromatic rings. The van der Waals surface area contributed by atoms with Crippen LogP contribution < -0.4 is 10.6 Å². The molecule has 25 heavy (non-hydrogen) atoms. The van der Waals surface area contributed by atoms with Crippen LogP contribution in [0.15, 0.2) is 66.7 Å². The van der Waals surface area contributed by atoms with E-state index in [4.69, 9.17) is 0 Å². The summed E-state index contributed by atoms with van der Waals surface area (Å²) in [5, 5.41) is 8.33. The standard InChI is InChI=1S/C21H21FN2O/c1-15(18-11-6-9-16-7-2-4-10-19(16)18)23-14-21(25)24-13-17-8-3-5-12-20(17)22/h2-12,15,23H,13-14H2,1H3,(H,24,25)/t15-/m1/s1. The Kier molecular flexibility index (Phi) is 5.41. The predicted molar refractivity (Wildman–Crippen MR) is 98.6 cm³/mol. The average molecular weight is 336 g/mol. The minimum absolute atomic E-state index is 0.0327. The molecule has 0 radical (unpaired) electrons. The van der Waals surface area contributed by atoms with Crippen molar-refractivity contribution in [3.05, 3.63) is 83.7 Å². The number of carbonyl (C=O) groups is 1. The molecule has 4 heteroatoms. The minimum Gasteiger partial charge on any atom is -0.351 e. The van der Waals surface area contributed by atoms with Gasteiger partial charge in [0.2, 0.25) is 5.91 Å². The lowest BCUT2D eigenvalue weighted by molar-refractivity contribution is -0.120. The van der Waals surface area contributed by atoms with E-state index in [1.54, 1.807) is 18.2 Å². The first-order valence-electron chi connectivity index (χ1n) is 8.36. The van der Waals surface area contributed by atoms with Gasteiger partial charge in [0, 0.05) is 18.2 Å². The van der Waals surface area contributed by atoms with Crippen LogP contribution in [0.3, 0.4) is 0 Å². The quantitative estimate of drug-likeness (QED) is 0.716. The summed E-state index contributed by atoms with van der Waals surface area (Å²) in [4.78, 5) is 12.0. The van der Waals surface area contributed by atoms with Crippen LogP contribution in [0.1, 0.15) is 24.1 Å². The van der Waals surface area contributed by atoms with E-state index in [1.807, 2.05) is 25.1 Å². The molecule has 3 aromatic carbocycles. The molecule has 0 unspecified atom stereocenters. The molecule has 1 atom stereocenters. The van der Waals surface area contributed by atoms with Gasteiger partial charge in [-0.15, -0.1) is 0 Å². The molecule has 128 valence electrons. The Labute approximate surface area is 146 Å². The molecule has 0 aliphatic heterocycles. The van der Waals surface area contributed by atoms with E-state index in [-0.39, 0.29) is 30.9 Å². The van der Waals surface area contributed by atoms with Gasteiger partial charge in [-0.25, -0.2) is 4.39 Å². The molecule has 0 saturated heterocycles. The molecule has 0 bridgehead atoms. The second kappa shape index (κ2) is 7.90. The van der Waals surface area contributed by atoms with Gasteiger partial charge in [-0.2, -0.15) is 0 Å². The largest absolute Gasteiger partial charge is 0.351 e. The van der Waals surface area contributed by atoms with Crippen LogP contribution in [0.4, 0.5) is 4.39 Å². The van der Waals surface area contributed by atoms with Gasteiger partial charge in [0.1, 0.15) is 5.82 Å². The topological polar surface area (TPSA) is 41.1 Å². The van der Waals surface area contributed by atoms with E-state index in [1.165, 1.54) is 16.8 Å². The number of hydrogen-bond acceptors (Lipinski definition) is 2. The van der Waals surface area contributed by atoms with E-state index in [9.17, 15) is 9.18 Å². The molecule has 1 amide bonds. The maximum atomic E-state index is 13.6. The number of hydrogen-bond donors (Lipinski definition) is 2. The number of nitrogens with one attached hydrogen (secondary N) is 2. The first-order chi connectivity index (χ1) is 12.1. The Hall–Kier alpha value is -2.72. The van der Waals surface area contributed by atoms with Crippen molar-refractivity contribution in [3.8, 4) is 0 Å². The number of halogens is 1. The van der Waals surface area contributed by atoms with Gasteiger partial charge < -0.3 is 10.6 Å². The van der Waals surface area contributed by atoms with Crippen LogP contribution in [0.25, 0.3) is 10.8 Å². The molecular weight excluding hydrogens is 315 g/mol. The number of benzene rings is 3. The van der Waals surface area contributed by atoms with Crippen LogP contribution in [0, 0.1) is 5.82 Å². The summed E-state index contributed by atoms with van der Waals surface area (Å²) >= 11 is 0. The molecule has 3 nitrogen and oxygen atoms in total. The summed E-state index contributed by atoms with van der Waals surface area (Å²) in [5.74, 6) is -0.463. The van der Waals surface area contributed by atoms with E-state index in [0.717, 1.165) is 5.56 Å². The van der Waals surface area contributed by atoms with Gasteiger partial charge in [-0.1, -0.05) is 60.7 Å². The maximum Gasteiger partial charge on any atom is 0.234 e. The van der Waals surface area contributed by atoms with Gasteiger partial charge in [-0.05, 0) is 29.3 Å². The van der Waals surface area contributed by atoms with Crippen molar-refractivity contribution < 1.29 is 9.18 Å². The lowest BCUT2D eigenvalue weighted by Gasteiger charge is -2.16. The van der Waals surface area contributed by atoms with Crippen molar-refractivity contribution in [1.29, 1.82) is 0 Å². The molecule has 2 N–H and O–H groups in total. The normalized spacial score (nSPS) is 12.1. The molecule has 0 heterocycles.